The number of pyridine rings is 1. The maximum absolute atomic E-state index is 13.9. The number of hydrogen-bond donors (Lipinski definition) is 2. The minimum Gasteiger partial charge on any atom is -0.496 e. The third kappa shape index (κ3) is 4.85. The number of ether oxygens (including phenoxy) is 1. The van der Waals surface area contributed by atoms with Crippen LogP contribution in [0, 0.1) is 5.82 Å². The molecule has 3 heterocycles. The average Bonchev–Trinajstić information content (AvgIpc) is 3.21. The zero-order valence-electron chi connectivity index (χ0n) is 17.6. The molecule has 0 saturated carbocycles. The van der Waals surface area contributed by atoms with E-state index in [0.29, 0.717) is 28.9 Å². The van der Waals surface area contributed by atoms with E-state index in [9.17, 15) is 27.5 Å². The molecule has 174 valence electrons. The van der Waals surface area contributed by atoms with Gasteiger partial charge in [-0.2, -0.15) is 13.2 Å². The van der Waals surface area contributed by atoms with Crippen molar-refractivity contribution in [1.82, 2.24) is 14.9 Å². The largest absolute Gasteiger partial charge is 0.496 e. The van der Waals surface area contributed by atoms with Crippen molar-refractivity contribution in [1.29, 1.82) is 0 Å². The number of fused-ring (bicyclic) bond motifs is 1. The van der Waals surface area contributed by atoms with Crippen molar-refractivity contribution in [3.63, 3.8) is 0 Å². The molecule has 10 heteroatoms. The third-order valence-electron chi connectivity index (χ3n) is 5.72. The van der Waals surface area contributed by atoms with Crippen LogP contribution in [0.5, 0.6) is 5.75 Å². The fourth-order valence-corrected chi connectivity index (χ4v) is 4.13. The quantitative estimate of drug-likeness (QED) is 0.510. The Morgan fingerprint density at radius 3 is 2.70 bits per heavy atom. The third-order valence-corrected chi connectivity index (χ3v) is 5.72. The number of alkyl halides is 3. The average molecular weight is 463 g/mol. The Kier molecular flexibility index (Phi) is 6.11. The molecule has 0 aliphatic carbocycles. The normalized spacial score (nSPS) is 16.0. The Balaban J connectivity index is 1.64. The van der Waals surface area contributed by atoms with Crippen LogP contribution in [0.1, 0.15) is 18.5 Å². The van der Waals surface area contributed by atoms with Gasteiger partial charge in [-0.3, -0.25) is 9.69 Å². The first-order chi connectivity index (χ1) is 15.7. The molecule has 1 unspecified atom stereocenters. The van der Waals surface area contributed by atoms with E-state index in [1.165, 1.54) is 24.1 Å². The second-order valence-corrected chi connectivity index (χ2v) is 7.80. The molecule has 0 saturated heterocycles. The lowest BCUT2D eigenvalue weighted by Gasteiger charge is -2.31. The minimum absolute atomic E-state index is 0.0791. The van der Waals surface area contributed by atoms with Gasteiger partial charge >= 0.3 is 12.1 Å². The molecule has 3 aromatic rings. The van der Waals surface area contributed by atoms with Crippen LogP contribution < -0.4 is 4.74 Å². The van der Waals surface area contributed by atoms with Crippen LogP contribution in [0.3, 0.4) is 0 Å². The molecule has 2 N–H and O–H groups in total. The number of aromatic nitrogens is 2. The lowest BCUT2D eigenvalue weighted by Crippen LogP contribution is -2.45. The molecular weight excluding hydrogens is 442 g/mol. The minimum atomic E-state index is -4.57. The Morgan fingerprint density at radius 1 is 1.27 bits per heavy atom. The highest BCUT2D eigenvalue weighted by Crippen LogP contribution is 2.37. The smallest absolute Gasteiger partial charge is 0.391 e. The van der Waals surface area contributed by atoms with Crippen LogP contribution in [0.15, 0.2) is 42.6 Å². The Bertz CT molecular complexity index is 1220. The van der Waals surface area contributed by atoms with Crippen molar-refractivity contribution >= 4 is 22.6 Å². The first-order valence-corrected chi connectivity index (χ1v) is 10.2. The zero-order valence-corrected chi connectivity index (χ0v) is 17.6. The lowest BCUT2D eigenvalue weighted by molar-refractivity contribution is -0.166. The summed E-state index contributed by atoms with van der Waals surface area (Å²) in [5.41, 5.74) is 3.42. The molecule has 4 rings (SSSR count). The molecule has 2 aromatic heterocycles. The topological polar surface area (TPSA) is 78.5 Å². The van der Waals surface area contributed by atoms with Gasteiger partial charge in [0.05, 0.1) is 13.5 Å². The van der Waals surface area contributed by atoms with Crippen molar-refractivity contribution in [3.8, 4) is 16.9 Å². The van der Waals surface area contributed by atoms with Crippen molar-refractivity contribution in [2.24, 2.45) is 0 Å². The fraction of sp³-hybridized carbons (Fsp3) is 0.304. The zero-order chi connectivity index (χ0) is 23.8. The van der Waals surface area contributed by atoms with Crippen molar-refractivity contribution in [2.45, 2.75) is 25.1 Å². The maximum atomic E-state index is 13.9. The van der Waals surface area contributed by atoms with Gasteiger partial charge in [-0.1, -0.05) is 6.08 Å². The number of nitrogens with zero attached hydrogens (tertiary/aromatic N) is 2. The first-order valence-electron chi connectivity index (χ1n) is 10.2. The molecule has 0 spiro atoms. The van der Waals surface area contributed by atoms with Crippen molar-refractivity contribution in [3.05, 3.63) is 54.1 Å². The number of carbonyl (C=O) groups is 1. The summed E-state index contributed by atoms with van der Waals surface area (Å²) in [5.74, 6) is -1.40. The van der Waals surface area contributed by atoms with Gasteiger partial charge in [-0.25, -0.2) is 9.37 Å². The molecule has 0 fully saturated rings. The van der Waals surface area contributed by atoms with Gasteiger partial charge in [-0.15, -0.1) is 0 Å². The van der Waals surface area contributed by atoms with E-state index in [4.69, 9.17) is 4.74 Å². The molecule has 1 aliphatic rings. The number of rotatable bonds is 6. The number of hydrogen-bond acceptors (Lipinski definition) is 4. The molecule has 6 nitrogen and oxygen atoms in total. The standard InChI is InChI=1S/C23H21F4N3O3/c1-33-20-3-2-14(24)10-16(20)15-4-7-28-21-17(15)11-18(29-21)13-5-8-30(9-6-13)19(22(31)32)12-23(25,26)27/h2-5,7,10-11,19H,6,8-9,12H2,1H3,(H,28,29)(H,31,32). The maximum Gasteiger partial charge on any atom is 0.391 e. The van der Waals surface area contributed by atoms with Crippen molar-refractivity contribution < 1.29 is 32.2 Å². The summed E-state index contributed by atoms with van der Waals surface area (Å²) in [6.45, 7) is 0.252. The number of aromatic amines is 1. The van der Waals surface area contributed by atoms with E-state index in [0.717, 1.165) is 16.7 Å². The van der Waals surface area contributed by atoms with Crippen LogP contribution in [0.25, 0.3) is 27.7 Å². The number of H-pyrrole nitrogens is 1. The Hall–Kier alpha value is -3.40. The van der Waals surface area contributed by atoms with Crippen LogP contribution in [0.2, 0.25) is 0 Å². The lowest BCUT2D eigenvalue weighted by atomic mass is 10.00. The van der Waals surface area contributed by atoms with Crippen LogP contribution in [-0.4, -0.2) is 58.4 Å². The summed E-state index contributed by atoms with van der Waals surface area (Å²) in [6.07, 6.45) is -2.28. The predicted molar refractivity (Wildman–Crippen MR) is 114 cm³/mol. The van der Waals surface area contributed by atoms with E-state index < -0.39 is 30.4 Å². The second-order valence-electron chi connectivity index (χ2n) is 7.80. The summed E-state index contributed by atoms with van der Waals surface area (Å²) in [5, 5.41) is 9.99. The van der Waals surface area contributed by atoms with Gasteiger partial charge < -0.3 is 14.8 Å². The fourth-order valence-electron chi connectivity index (χ4n) is 4.13. The number of benzene rings is 1. The van der Waals surface area contributed by atoms with Gasteiger partial charge in [0, 0.05) is 35.9 Å². The van der Waals surface area contributed by atoms with Gasteiger partial charge in [0.25, 0.3) is 0 Å². The Morgan fingerprint density at radius 2 is 2.06 bits per heavy atom. The number of halogens is 4. The molecular formula is C23H21F4N3O3. The van der Waals surface area contributed by atoms with E-state index in [1.807, 2.05) is 6.07 Å². The van der Waals surface area contributed by atoms with E-state index >= 15 is 0 Å². The number of nitrogens with one attached hydrogen (secondary N) is 1. The highest BCUT2D eigenvalue weighted by Gasteiger charge is 2.39. The van der Waals surface area contributed by atoms with E-state index in [2.05, 4.69) is 9.97 Å². The van der Waals surface area contributed by atoms with Gasteiger partial charge in [0.2, 0.25) is 0 Å². The number of carboxylic acid groups (broad SMARTS) is 1. The van der Waals surface area contributed by atoms with Crippen LogP contribution in [0.4, 0.5) is 17.6 Å². The highest BCUT2D eigenvalue weighted by molar-refractivity contribution is 5.96. The van der Waals surface area contributed by atoms with Crippen molar-refractivity contribution in [2.75, 3.05) is 20.2 Å². The summed E-state index contributed by atoms with van der Waals surface area (Å²) in [7, 11) is 1.50. The monoisotopic (exact) mass is 463 g/mol. The van der Waals surface area contributed by atoms with Gasteiger partial charge in [-0.05, 0) is 47.9 Å². The SMILES string of the molecule is COc1ccc(F)cc1-c1ccnc2[nH]c(C3=CCN(C(CC(F)(F)F)C(=O)O)CC3)cc12. The van der Waals surface area contributed by atoms with E-state index in [-0.39, 0.29) is 13.1 Å². The highest BCUT2D eigenvalue weighted by atomic mass is 19.4. The Labute approximate surface area is 186 Å². The predicted octanol–water partition coefficient (Wildman–Crippen LogP) is 4.87. The molecule has 0 bridgehead atoms. The number of methoxy groups -OCH3 is 1. The van der Waals surface area contributed by atoms with Crippen LogP contribution >= 0.6 is 0 Å². The van der Waals surface area contributed by atoms with Gasteiger partial charge in [0.15, 0.2) is 0 Å². The summed E-state index contributed by atoms with van der Waals surface area (Å²) >= 11 is 0. The second kappa shape index (κ2) is 8.86. The number of carboxylic acids is 1. The summed E-state index contributed by atoms with van der Waals surface area (Å²) in [4.78, 5) is 20.2. The molecule has 1 atom stereocenters. The van der Waals surface area contributed by atoms with Crippen LogP contribution in [-0.2, 0) is 4.79 Å². The first kappa shape index (κ1) is 22.8. The van der Waals surface area contributed by atoms with Gasteiger partial charge in [0.1, 0.15) is 23.3 Å². The number of aliphatic carboxylic acids is 1. The summed E-state index contributed by atoms with van der Waals surface area (Å²) in [6, 6.07) is 6.22. The summed E-state index contributed by atoms with van der Waals surface area (Å²) < 4.78 is 57.7. The molecule has 1 aromatic carbocycles. The molecule has 33 heavy (non-hydrogen) atoms. The molecule has 1 aliphatic heterocycles. The van der Waals surface area contributed by atoms with E-state index in [1.54, 1.807) is 24.4 Å². The molecule has 0 radical (unpaired) electrons. The molecule has 0 amide bonds.